The molecule has 0 bridgehead atoms. The van der Waals surface area contributed by atoms with Gasteiger partial charge < -0.3 is 15.4 Å². The highest BCUT2D eigenvalue weighted by Gasteiger charge is 2.08. The Morgan fingerprint density at radius 2 is 1.68 bits per heavy atom. The second-order valence-electron chi connectivity index (χ2n) is 6.28. The number of benzene rings is 2. The van der Waals surface area contributed by atoms with Crippen molar-refractivity contribution in [2.75, 3.05) is 25.5 Å². The van der Waals surface area contributed by atoms with Crippen LogP contribution in [0.1, 0.15) is 21.6 Å². The number of nitrogens with one attached hydrogen (secondary N) is 2. The van der Waals surface area contributed by atoms with E-state index in [1.54, 1.807) is 19.2 Å². The van der Waals surface area contributed by atoms with Gasteiger partial charge in [-0.15, -0.1) is 10.2 Å². The van der Waals surface area contributed by atoms with Crippen LogP contribution in [0.15, 0.2) is 66.7 Å². The molecule has 0 fully saturated rings. The number of methoxy groups -OCH3 is 1. The summed E-state index contributed by atoms with van der Waals surface area (Å²) in [5.41, 5.74) is 2.61. The van der Waals surface area contributed by atoms with Crippen molar-refractivity contribution >= 4 is 11.7 Å². The van der Waals surface area contributed by atoms with Crippen molar-refractivity contribution in [3.05, 3.63) is 83.6 Å². The van der Waals surface area contributed by atoms with Gasteiger partial charge in [0.15, 0.2) is 5.69 Å². The lowest BCUT2D eigenvalue weighted by molar-refractivity contribution is 0.0948. The molecule has 3 aromatic rings. The number of anilines is 1. The lowest BCUT2D eigenvalue weighted by Crippen LogP contribution is -2.27. The van der Waals surface area contributed by atoms with Gasteiger partial charge >= 0.3 is 0 Å². The highest BCUT2D eigenvalue weighted by atomic mass is 16.5. The summed E-state index contributed by atoms with van der Waals surface area (Å²) in [5, 5.41) is 14.2. The van der Waals surface area contributed by atoms with Crippen molar-refractivity contribution in [3.63, 3.8) is 0 Å². The third kappa shape index (κ3) is 5.54. The number of carbonyl (C=O) groups excluding carboxylic acids is 1. The summed E-state index contributed by atoms with van der Waals surface area (Å²) in [6.45, 7) is 1.25. The maximum Gasteiger partial charge on any atom is 0.271 e. The Kier molecular flexibility index (Phi) is 6.95. The fourth-order valence-corrected chi connectivity index (χ4v) is 2.84. The minimum Gasteiger partial charge on any atom is -0.496 e. The lowest BCUT2D eigenvalue weighted by Gasteiger charge is -2.09. The molecule has 0 aliphatic rings. The van der Waals surface area contributed by atoms with E-state index in [9.17, 15) is 4.79 Å². The standard InChI is InChI=1S/C22H24N4O2/c1-28-20-10-6-5-9-18(20)14-16-24-22(27)19-11-12-21(26-25-19)23-15-13-17-7-3-2-4-8-17/h2-12H,13-16H2,1H3,(H,23,26)(H,24,27). The molecule has 0 saturated heterocycles. The van der Waals surface area contributed by atoms with E-state index < -0.39 is 0 Å². The van der Waals surface area contributed by atoms with Crippen LogP contribution in [0.5, 0.6) is 5.75 Å². The van der Waals surface area contributed by atoms with Gasteiger partial charge in [0, 0.05) is 13.1 Å². The minimum absolute atomic E-state index is 0.238. The van der Waals surface area contributed by atoms with Gasteiger partial charge in [0.05, 0.1) is 7.11 Å². The largest absolute Gasteiger partial charge is 0.496 e. The van der Waals surface area contributed by atoms with Gasteiger partial charge in [-0.25, -0.2) is 0 Å². The lowest BCUT2D eigenvalue weighted by atomic mass is 10.1. The molecule has 0 aliphatic heterocycles. The van der Waals surface area contributed by atoms with Crippen LogP contribution in [0.4, 0.5) is 5.82 Å². The van der Waals surface area contributed by atoms with Crippen molar-refractivity contribution in [1.29, 1.82) is 0 Å². The summed E-state index contributed by atoms with van der Waals surface area (Å²) < 4.78 is 5.32. The fraction of sp³-hybridized carbons (Fsp3) is 0.227. The molecule has 2 aromatic carbocycles. The minimum atomic E-state index is -0.238. The third-order valence-electron chi connectivity index (χ3n) is 4.33. The SMILES string of the molecule is COc1ccccc1CCNC(=O)c1ccc(NCCc2ccccc2)nn1. The molecule has 0 saturated carbocycles. The quantitative estimate of drug-likeness (QED) is 0.600. The predicted molar refractivity (Wildman–Crippen MR) is 110 cm³/mol. The first-order chi connectivity index (χ1) is 13.8. The van der Waals surface area contributed by atoms with E-state index in [-0.39, 0.29) is 5.91 Å². The number of nitrogens with zero attached hydrogens (tertiary/aromatic N) is 2. The second-order valence-corrected chi connectivity index (χ2v) is 6.28. The molecule has 0 atom stereocenters. The third-order valence-corrected chi connectivity index (χ3v) is 4.33. The number of ether oxygens (including phenoxy) is 1. The van der Waals surface area contributed by atoms with Gasteiger partial charge in [-0.3, -0.25) is 4.79 Å². The molecule has 0 unspecified atom stereocenters. The van der Waals surface area contributed by atoms with Crippen LogP contribution >= 0.6 is 0 Å². The number of carbonyl (C=O) groups is 1. The normalized spacial score (nSPS) is 10.3. The van der Waals surface area contributed by atoms with Crippen molar-refractivity contribution in [3.8, 4) is 5.75 Å². The van der Waals surface area contributed by atoms with E-state index in [0.29, 0.717) is 24.5 Å². The molecular formula is C22H24N4O2. The molecule has 144 valence electrons. The first-order valence-corrected chi connectivity index (χ1v) is 9.28. The van der Waals surface area contributed by atoms with E-state index in [1.165, 1.54) is 5.56 Å². The van der Waals surface area contributed by atoms with Gasteiger partial charge in [-0.2, -0.15) is 0 Å². The zero-order chi connectivity index (χ0) is 19.6. The Morgan fingerprint density at radius 3 is 2.43 bits per heavy atom. The molecule has 2 N–H and O–H groups in total. The molecule has 28 heavy (non-hydrogen) atoms. The van der Waals surface area contributed by atoms with Crippen LogP contribution in [-0.4, -0.2) is 36.3 Å². The Bertz CT molecular complexity index is 883. The number of hydrogen-bond acceptors (Lipinski definition) is 5. The molecule has 0 spiro atoms. The zero-order valence-corrected chi connectivity index (χ0v) is 15.9. The molecule has 3 rings (SSSR count). The van der Waals surface area contributed by atoms with Gasteiger partial charge in [-0.1, -0.05) is 48.5 Å². The Labute approximate surface area is 165 Å². The highest BCUT2D eigenvalue weighted by Crippen LogP contribution is 2.17. The Balaban J connectivity index is 1.44. The first kappa shape index (κ1) is 19.4. The van der Waals surface area contributed by atoms with Crippen LogP contribution in [-0.2, 0) is 12.8 Å². The van der Waals surface area contributed by atoms with Gasteiger partial charge in [-0.05, 0) is 42.2 Å². The molecule has 1 aromatic heterocycles. The van der Waals surface area contributed by atoms with Crippen LogP contribution in [0.2, 0.25) is 0 Å². The Hall–Kier alpha value is -3.41. The van der Waals surface area contributed by atoms with Gasteiger partial charge in [0.25, 0.3) is 5.91 Å². The summed E-state index contributed by atoms with van der Waals surface area (Å²) in [4.78, 5) is 12.2. The van der Waals surface area contributed by atoms with Crippen LogP contribution < -0.4 is 15.4 Å². The summed E-state index contributed by atoms with van der Waals surface area (Å²) in [6.07, 6.45) is 1.58. The van der Waals surface area contributed by atoms with Crippen molar-refractivity contribution in [1.82, 2.24) is 15.5 Å². The smallest absolute Gasteiger partial charge is 0.271 e. The van der Waals surface area contributed by atoms with E-state index >= 15 is 0 Å². The Morgan fingerprint density at radius 1 is 0.893 bits per heavy atom. The average Bonchev–Trinajstić information content (AvgIpc) is 2.75. The monoisotopic (exact) mass is 376 g/mol. The van der Waals surface area contributed by atoms with E-state index in [4.69, 9.17) is 4.74 Å². The van der Waals surface area contributed by atoms with Crippen molar-refractivity contribution < 1.29 is 9.53 Å². The maximum absolute atomic E-state index is 12.2. The number of amides is 1. The highest BCUT2D eigenvalue weighted by molar-refractivity contribution is 5.92. The number of aromatic nitrogens is 2. The molecule has 0 aliphatic carbocycles. The number of rotatable bonds is 9. The summed E-state index contributed by atoms with van der Waals surface area (Å²) in [6, 6.07) is 21.4. The molecule has 0 radical (unpaired) electrons. The van der Waals surface area contributed by atoms with Crippen molar-refractivity contribution in [2.24, 2.45) is 0 Å². The van der Waals surface area contributed by atoms with Crippen LogP contribution in [0.25, 0.3) is 0 Å². The topological polar surface area (TPSA) is 76.1 Å². The predicted octanol–water partition coefficient (Wildman–Crippen LogP) is 3.11. The average molecular weight is 376 g/mol. The molecular weight excluding hydrogens is 352 g/mol. The fourth-order valence-electron chi connectivity index (χ4n) is 2.84. The summed E-state index contributed by atoms with van der Waals surface area (Å²) >= 11 is 0. The number of para-hydroxylation sites is 1. The van der Waals surface area contributed by atoms with Gasteiger partial charge in [0.2, 0.25) is 0 Å². The van der Waals surface area contributed by atoms with E-state index in [0.717, 1.165) is 24.3 Å². The van der Waals surface area contributed by atoms with Crippen molar-refractivity contribution in [2.45, 2.75) is 12.8 Å². The van der Waals surface area contributed by atoms with Crippen LogP contribution in [0.3, 0.4) is 0 Å². The van der Waals surface area contributed by atoms with E-state index in [2.05, 4.69) is 33.0 Å². The van der Waals surface area contributed by atoms with Gasteiger partial charge in [0.1, 0.15) is 11.6 Å². The summed E-state index contributed by atoms with van der Waals surface area (Å²) in [5.74, 6) is 1.24. The molecule has 6 nitrogen and oxygen atoms in total. The molecule has 1 amide bonds. The zero-order valence-electron chi connectivity index (χ0n) is 15.9. The second kappa shape index (κ2) is 10.1. The summed E-state index contributed by atoms with van der Waals surface area (Å²) in [7, 11) is 1.64. The van der Waals surface area contributed by atoms with Crippen LogP contribution in [0, 0.1) is 0 Å². The first-order valence-electron chi connectivity index (χ1n) is 9.28. The van der Waals surface area contributed by atoms with E-state index in [1.807, 2.05) is 42.5 Å². The molecule has 1 heterocycles. The maximum atomic E-state index is 12.2. The number of hydrogen-bond donors (Lipinski definition) is 2. The molecule has 6 heteroatoms.